The molecule has 0 aliphatic rings. The van der Waals surface area contributed by atoms with E-state index in [2.05, 4.69) is 11.4 Å². The largest absolute Gasteiger partial charge is 0.467 e. The lowest BCUT2D eigenvalue weighted by Gasteiger charge is -2.16. The molecule has 0 saturated heterocycles. The van der Waals surface area contributed by atoms with Gasteiger partial charge in [-0.3, -0.25) is 0 Å². The molecule has 1 atom stereocenters. The van der Waals surface area contributed by atoms with Crippen molar-refractivity contribution < 1.29 is 4.42 Å². The van der Waals surface area contributed by atoms with Gasteiger partial charge in [0.2, 0.25) is 0 Å². The van der Waals surface area contributed by atoms with Crippen LogP contribution in [0, 0.1) is 11.3 Å². The van der Waals surface area contributed by atoms with Crippen molar-refractivity contribution in [2.45, 2.75) is 12.5 Å². The van der Waals surface area contributed by atoms with E-state index in [4.69, 9.17) is 9.68 Å². The molecule has 2 rings (SSSR count). The average Bonchev–Trinajstić information content (AvgIpc) is 2.89. The highest BCUT2D eigenvalue weighted by molar-refractivity contribution is 5.26. The molecule has 3 nitrogen and oxygen atoms in total. The van der Waals surface area contributed by atoms with Gasteiger partial charge >= 0.3 is 0 Å². The highest BCUT2D eigenvalue weighted by atomic mass is 16.3. The summed E-state index contributed by atoms with van der Waals surface area (Å²) < 4.78 is 5.44. The number of nitrogens with zero attached hydrogens (tertiary/aromatic N) is 1. The molecule has 0 radical (unpaired) electrons. The summed E-state index contributed by atoms with van der Waals surface area (Å²) in [6, 6.07) is 16.0. The van der Waals surface area contributed by atoms with E-state index in [9.17, 15) is 0 Å². The molecule has 1 aromatic carbocycles. The fourth-order valence-electron chi connectivity index (χ4n) is 1.76. The van der Waals surface area contributed by atoms with Gasteiger partial charge in [-0.05, 0) is 17.7 Å². The Kier molecular flexibility index (Phi) is 3.95. The monoisotopic (exact) mass is 226 g/mol. The Morgan fingerprint density at radius 2 is 2.00 bits per heavy atom. The molecule has 0 aliphatic heterocycles. The molecule has 0 aliphatic carbocycles. The lowest BCUT2D eigenvalue weighted by atomic mass is 10.0. The Balaban J connectivity index is 2.17. The summed E-state index contributed by atoms with van der Waals surface area (Å²) in [5.41, 5.74) is 1.14. The quantitative estimate of drug-likeness (QED) is 0.797. The predicted molar refractivity (Wildman–Crippen MR) is 65.2 cm³/mol. The van der Waals surface area contributed by atoms with Gasteiger partial charge < -0.3 is 9.73 Å². The van der Waals surface area contributed by atoms with Crippen LogP contribution in [0.25, 0.3) is 0 Å². The third-order valence-electron chi connectivity index (χ3n) is 2.55. The first-order valence-corrected chi connectivity index (χ1v) is 5.60. The van der Waals surface area contributed by atoms with Gasteiger partial charge in [-0.2, -0.15) is 5.26 Å². The first kappa shape index (κ1) is 11.4. The molecule has 0 fully saturated rings. The number of furan rings is 1. The van der Waals surface area contributed by atoms with Gasteiger partial charge in [-0.15, -0.1) is 0 Å². The van der Waals surface area contributed by atoms with Crippen molar-refractivity contribution in [1.82, 2.24) is 5.32 Å². The highest BCUT2D eigenvalue weighted by Crippen LogP contribution is 2.21. The Morgan fingerprint density at radius 1 is 1.18 bits per heavy atom. The third-order valence-corrected chi connectivity index (χ3v) is 2.55. The minimum Gasteiger partial charge on any atom is -0.467 e. The summed E-state index contributed by atoms with van der Waals surface area (Å²) in [6.45, 7) is 0.650. The molecule has 0 amide bonds. The summed E-state index contributed by atoms with van der Waals surface area (Å²) in [4.78, 5) is 0. The minimum atomic E-state index is 0.0135. The molecule has 3 heteroatoms. The molecule has 0 bridgehead atoms. The van der Waals surface area contributed by atoms with Gasteiger partial charge in [0.25, 0.3) is 0 Å². The van der Waals surface area contributed by atoms with Crippen LogP contribution in [-0.2, 0) is 0 Å². The van der Waals surface area contributed by atoms with Crippen LogP contribution in [0.3, 0.4) is 0 Å². The van der Waals surface area contributed by atoms with Crippen molar-refractivity contribution >= 4 is 0 Å². The van der Waals surface area contributed by atoms with Crippen LogP contribution in [0.1, 0.15) is 23.8 Å². The van der Waals surface area contributed by atoms with Crippen molar-refractivity contribution in [1.29, 1.82) is 5.26 Å². The van der Waals surface area contributed by atoms with Crippen molar-refractivity contribution in [3.63, 3.8) is 0 Å². The van der Waals surface area contributed by atoms with E-state index in [1.54, 1.807) is 6.26 Å². The number of nitriles is 1. The minimum absolute atomic E-state index is 0.0135. The highest BCUT2D eigenvalue weighted by Gasteiger charge is 2.15. The number of hydrogen-bond donors (Lipinski definition) is 1. The lowest BCUT2D eigenvalue weighted by molar-refractivity contribution is 0.449. The summed E-state index contributed by atoms with van der Waals surface area (Å²) in [7, 11) is 0. The molecule has 1 unspecified atom stereocenters. The zero-order valence-electron chi connectivity index (χ0n) is 9.47. The Bertz CT molecular complexity index is 471. The predicted octanol–water partition coefficient (Wildman–Crippen LogP) is 2.87. The Morgan fingerprint density at radius 3 is 2.65 bits per heavy atom. The van der Waals surface area contributed by atoms with Gasteiger partial charge in [0.15, 0.2) is 0 Å². The summed E-state index contributed by atoms with van der Waals surface area (Å²) in [5.74, 6) is 0.870. The van der Waals surface area contributed by atoms with Crippen LogP contribution in [0.5, 0.6) is 0 Å². The third kappa shape index (κ3) is 2.96. The second-order valence-corrected chi connectivity index (χ2v) is 3.72. The zero-order valence-corrected chi connectivity index (χ0v) is 9.47. The van der Waals surface area contributed by atoms with Crippen molar-refractivity contribution in [3.8, 4) is 6.07 Å². The summed E-state index contributed by atoms with van der Waals surface area (Å²) >= 11 is 0. The topological polar surface area (TPSA) is 49.0 Å². The molecule has 86 valence electrons. The van der Waals surface area contributed by atoms with E-state index >= 15 is 0 Å². The molecule has 2 aromatic rings. The van der Waals surface area contributed by atoms with Crippen LogP contribution in [0.15, 0.2) is 53.1 Å². The first-order chi connectivity index (χ1) is 8.42. The average molecular weight is 226 g/mol. The van der Waals surface area contributed by atoms with E-state index in [0.717, 1.165) is 11.3 Å². The zero-order chi connectivity index (χ0) is 11.9. The molecular formula is C14H14N2O. The fourth-order valence-corrected chi connectivity index (χ4v) is 1.76. The molecule has 1 heterocycles. The van der Waals surface area contributed by atoms with Gasteiger partial charge in [-0.1, -0.05) is 30.3 Å². The smallest absolute Gasteiger partial charge is 0.125 e. The molecule has 1 N–H and O–H groups in total. The molecule has 17 heavy (non-hydrogen) atoms. The van der Waals surface area contributed by atoms with Crippen molar-refractivity contribution in [2.24, 2.45) is 0 Å². The maximum Gasteiger partial charge on any atom is 0.125 e. The van der Waals surface area contributed by atoms with E-state index in [1.165, 1.54) is 0 Å². The first-order valence-electron chi connectivity index (χ1n) is 5.60. The molecule has 1 aromatic heterocycles. The van der Waals surface area contributed by atoms with Gasteiger partial charge in [0, 0.05) is 13.0 Å². The second-order valence-electron chi connectivity index (χ2n) is 3.72. The maximum absolute atomic E-state index is 8.57. The normalized spacial score (nSPS) is 11.9. The van der Waals surface area contributed by atoms with Gasteiger partial charge in [0.05, 0.1) is 18.4 Å². The Labute approximate surface area is 101 Å². The summed E-state index contributed by atoms with van der Waals surface area (Å²) in [5, 5.41) is 11.9. The lowest BCUT2D eigenvalue weighted by Crippen LogP contribution is -2.22. The Hall–Kier alpha value is -2.05. The van der Waals surface area contributed by atoms with Gasteiger partial charge in [0.1, 0.15) is 5.76 Å². The summed E-state index contributed by atoms with van der Waals surface area (Å²) in [6.07, 6.45) is 2.15. The van der Waals surface area contributed by atoms with Crippen LogP contribution in [0.2, 0.25) is 0 Å². The van der Waals surface area contributed by atoms with Gasteiger partial charge in [-0.25, -0.2) is 0 Å². The molecule has 0 saturated carbocycles. The standard InChI is InChI=1S/C14H14N2O/c15-9-5-10-16-14(13-8-4-11-17-13)12-6-2-1-3-7-12/h1-4,6-8,11,14,16H,5,10H2. The number of benzene rings is 1. The van der Waals surface area contributed by atoms with Crippen LogP contribution >= 0.6 is 0 Å². The number of nitrogens with one attached hydrogen (secondary N) is 1. The van der Waals surface area contributed by atoms with Crippen LogP contribution in [0.4, 0.5) is 0 Å². The second kappa shape index (κ2) is 5.88. The number of hydrogen-bond acceptors (Lipinski definition) is 3. The number of rotatable bonds is 5. The van der Waals surface area contributed by atoms with Crippen LogP contribution < -0.4 is 5.32 Å². The van der Waals surface area contributed by atoms with Crippen molar-refractivity contribution in [3.05, 3.63) is 60.1 Å². The van der Waals surface area contributed by atoms with E-state index < -0.39 is 0 Å². The van der Waals surface area contributed by atoms with E-state index in [1.807, 2.05) is 42.5 Å². The van der Waals surface area contributed by atoms with Crippen LogP contribution in [-0.4, -0.2) is 6.54 Å². The van der Waals surface area contributed by atoms with E-state index in [0.29, 0.717) is 13.0 Å². The fraction of sp³-hybridized carbons (Fsp3) is 0.214. The maximum atomic E-state index is 8.57. The van der Waals surface area contributed by atoms with Crippen molar-refractivity contribution in [2.75, 3.05) is 6.54 Å². The molecule has 0 spiro atoms. The van der Waals surface area contributed by atoms with E-state index in [-0.39, 0.29) is 6.04 Å². The SMILES string of the molecule is N#CCCNC(c1ccccc1)c1ccco1. The molecular weight excluding hydrogens is 212 g/mol.